The third-order valence-corrected chi connectivity index (χ3v) is 5.76. The number of carbonyl (C=O) groups is 3. The molecule has 0 unspecified atom stereocenters. The topological polar surface area (TPSA) is 78.9 Å². The minimum absolute atomic E-state index is 0.300. The SMILES string of the molecule is C=CC(=O)OC(CCC)OC(=O)C=C.C=CC(=O)OCCCCCCCCCCCCCCCCCC. The average Bonchev–Trinajstić information content (AvgIpc) is 2.90. The van der Waals surface area contributed by atoms with E-state index >= 15 is 0 Å². The highest BCUT2D eigenvalue weighted by Crippen LogP contribution is 2.13. The second-order valence-corrected chi connectivity index (χ2v) is 9.18. The fourth-order valence-corrected chi connectivity index (χ4v) is 3.61. The Labute approximate surface area is 226 Å². The minimum Gasteiger partial charge on any atom is -0.463 e. The van der Waals surface area contributed by atoms with E-state index in [1.54, 1.807) is 0 Å². The van der Waals surface area contributed by atoms with Crippen molar-refractivity contribution in [3.8, 4) is 0 Å². The Morgan fingerprint density at radius 3 is 1.22 bits per heavy atom. The fraction of sp³-hybridized carbons (Fsp3) is 0.710. The predicted molar refractivity (Wildman–Crippen MR) is 152 cm³/mol. The molecular formula is C31H54O6. The summed E-state index contributed by atoms with van der Waals surface area (Å²) in [7, 11) is 0. The third-order valence-electron chi connectivity index (χ3n) is 5.76. The van der Waals surface area contributed by atoms with Crippen molar-refractivity contribution >= 4 is 17.9 Å². The van der Waals surface area contributed by atoms with Gasteiger partial charge in [0, 0.05) is 24.6 Å². The summed E-state index contributed by atoms with van der Waals surface area (Å²) in [4.78, 5) is 32.5. The summed E-state index contributed by atoms with van der Waals surface area (Å²) in [5.74, 6) is -1.52. The first-order chi connectivity index (χ1) is 17.9. The zero-order valence-electron chi connectivity index (χ0n) is 23.8. The van der Waals surface area contributed by atoms with Crippen molar-refractivity contribution in [1.29, 1.82) is 0 Å². The first kappa shape index (κ1) is 36.8. The molecule has 0 aromatic rings. The van der Waals surface area contributed by atoms with Crippen LogP contribution < -0.4 is 0 Å². The van der Waals surface area contributed by atoms with Crippen molar-refractivity contribution in [1.82, 2.24) is 0 Å². The van der Waals surface area contributed by atoms with Crippen molar-refractivity contribution in [2.75, 3.05) is 6.61 Å². The molecule has 6 heteroatoms. The van der Waals surface area contributed by atoms with Crippen LogP contribution in [0.5, 0.6) is 0 Å². The Morgan fingerprint density at radius 1 is 0.541 bits per heavy atom. The van der Waals surface area contributed by atoms with Gasteiger partial charge in [-0.15, -0.1) is 0 Å². The third kappa shape index (κ3) is 29.7. The Bertz CT molecular complexity index is 577. The van der Waals surface area contributed by atoms with Crippen LogP contribution >= 0.6 is 0 Å². The van der Waals surface area contributed by atoms with Gasteiger partial charge in [0.05, 0.1) is 6.61 Å². The molecule has 0 saturated carbocycles. The zero-order valence-corrected chi connectivity index (χ0v) is 23.8. The summed E-state index contributed by atoms with van der Waals surface area (Å²) in [5, 5.41) is 0. The van der Waals surface area contributed by atoms with E-state index in [-0.39, 0.29) is 5.97 Å². The molecule has 0 heterocycles. The molecule has 0 aliphatic rings. The van der Waals surface area contributed by atoms with E-state index in [1.807, 2.05) is 6.92 Å². The number of unbranched alkanes of at least 4 members (excludes halogenated alkanes) is 15. The highest BCUT2D eigenvalue weighted by molar-refractivity contribution is 5.83. The number of esters is 3. The van der Waals surface area contributed by atoms with Gasteiger partial charge in [0.2, 0.25) is 6.29 Å². The van der Waals surface area contributed by atoms with Crippen LogP contribution in [0, 0.1) is 0 Å². The van der Waals surface area contributed by atoms with Gasteiger partial charge in [0.25, 0.3) is 0 Å². The predicted octanol–water partition coefficient (Wildman–Crippen LogP) is 8.55. The van der Waals surface area contributed by atoms with Crippen molar-refractivity contribution in [3.63, 3.8) is 0 Å². The van der Waals surface area contributed by atoms with Crippen molar-refractivity contribution in [2.24, 2.45) is 0 Å². The molecule has 0 N–H and O–H groups in total. The lowest BCUT2D eigenvalue weighted by molar-refractivity contribution is -0.181. The van der Waals surface area contributed by atoms with Gasteiger partial charge in [-0.2, -0.15) is 0 Å². The Kier molecular flexibility index (Phi) is 29.7. The lowest BCUT2D eigenvalue weighted by atomic mass is 10.0. The van der Waals surface area contributed by atoms with Crippen LogP contribution in [0.15, 0.2) is 38.0 Å². The number of carbonyl (C=O) groups excluding carboxylic acids is 3. The molecule has 0 fully saturated rings. The van der Waals surface area contributed by atoms with Crippen molar-refractivity contribution < 1.29 is 28.6 Å². The molecule has 0 bridgehead atoms. The number of hydrogen-bond donors (Lipinski definition) is 0. The number of hydrogen-bond acceptors (Lipinski definition) is 6. The van der Waals surface area contributed by atoms with E-state index in [9.17, 15) is 14.4 Å². The lowest BCUT2D eigenvalue weighted by Crippen LogP contribution is -2.22. The van der Waals surface area contributed by atoms with Crippen LogP contribution in [0.2, 0.25) is 0 Å². The maximum Gasteiger partial charge on any atom is 0.333 e. The first-order valence-corrected chi connectivity index (χ1v) is 14.4. The van der Waals surface area contributed by atoms with E-state index in [0.717, 1.165) is 25.0 Å². The molecule has 0 amide bonds. The van der Waals surface area contributed by atoms with Crippen molar-refractivity contribution in [3.05, 3.63) is 38.0 Å². The van der Waals surface area contributed by atoms with Crippen molar-refractivity contribution in [2.45, 2.75) is 136 Å². The second kappa shape index (κ2) is 29.9. The average molecular weight is 523 g/mol. The molecule has 0 rings (SSSR count). The van der Waals surface area contributed by atoms with E-state index in [1.165, 1.54) is 102 Å². The molecule has 0 aromatic carbocycles. The highest BCUT2D eigenvalue weighted by atomic mass is 16.7. The molecule has 0 aliphatic heterocycles. The Morgan fingerprint density at radius 2 is 0.892 bits per heavy atom. The summed E-state index contributed by atoms with van der Waals surface area (Å²) in [6, 6.07) is 0. The smallest absolute Gasteiger partial charge is 0.333 e. The molecule has 0 spiro atoms. The number of rotatable bonds is 24. The lowest BCUT2D eigenvalue weighted by Gasteiger charge is -2.15. The monoisotopic (exact) mass is 522 g/mol. The fourth-order valence-electron chi connectivity index (χ4n) is 3.61. The highest BCUT2D eigenvalue weighted by Gasteiger charge is 2.14. The van der Waals surface area contributed by atoms with Crippen LogP contribution in [-0.4, -0.2) is 30.8 Å². The van der Waals surface area contributed by atoms with Gasteiger partial charge in [0.15, 0.2) is 0 Å². The zero-order chi connectivity index (χ0) is 28.0. The van der Waals surface area contributed by atoms with Gasteiger partial charge in [-0.1, -0.05) is 130 Å². The van der Waals surface area contributed by atoms with Gasteiger partial charge >= 0.3 is 17.9 Å². The molecule has 0 aliphatic carbocycles. The molecule has 6 nitrogen and oxygen atoms in total. The molecular weight excluding hydrogens is 468 g/mol. The van der Waals surface area contributed by atoms with E-state index < -0.39 is 18.2 Å². The molecule has 37 heavy (non-hydrogen) atoms. The van der Waals surface area contributed by atoms with Gasteiger partial charge in [-0.05, 0) is 12.8 Å². The molecule has 0 atom stereocenters. The number of ether oxygens (including phenoxy) is 3. The molecule has 214 valence electrons. The van der Waals surface area contributed by atoms with Gasteiger partial charge in [-0.25, -0.2) is 14.4 Å². The van der Waals surface area contributed by atoms with Gasteiger partial charge < -0.3 is 14.2 Å². The van der Waals surface area contributed by atoms with Crippen LogP contribution in [0.3, 0.4) is 0 Å². The summed E-state index contributed by atoms with van der Waals surface area (Å²) in [6.07, 6.45) is 25.4. The van der Waals surface area contributed by atoms with Crippen LogP contribution in [0.25, 0.3) is 0 Å². The minimum atomic E-state index is -0.851. The van der Waals surface area contributed by atoms with Crippen LogP contribution in [0.1, 0.15) is 129 Å². The quantitative estimate of drug-likeness (QED) is 0.0547. The van der Waals surface area contributed by atoms with Crippen LogP contribution in [-0.2, 0) is 28.6 Å². The molecule has 0 saturated heterocycles. The van der Waals surface area contributed by atoms with Gasteiger partial charge in [0.1, 0.15) is 0 Å². The summed E-state index contributed by atoms with van der Waals surface area (Å²) < 4.78 is 14.5. The maximum atomic E-state index is 10.8. The molecule has 0 aromatic heterocycles. The Balaban J connectivity index is 0. The normalized spacial score (nSPS) is 10.1. The first-order valence-electron chi connectivity index (χ1n) is 14.4. The molecule has 0 radical (unpaired) electrons. The summed E-state index contributed by atoms with van der Waals surface area (Å²) >= 11 is 0. The van der Waals surface area contributed by atoms with Gasteiger partial charge in [-0.3, -0.25) is 0 Å². The standard InChI is InChI=1S/C21H40O2.C10H14O4/c1-3-5-6-7-8-9-10-11-12-13-14-15-16-17-18-19-20-23-21(22)4-2;1-4-7-10(13-8(11)5-2)14-9(12)6-3/h4H,2-3,5-20H2,1H3;5-6,10H,2-4,7H2,1H3. The Hall–Kier alpha value is -2.37. The van der Waals surface area contributed by atoms with E-state index in [4.69, 9.17) is 14.2 Å². The summed E-state index contributed by atoms with van der Waals surface area (Å²) in [6.45, 7) is 14.6. The van der Waals surface area contributed by atoms with E-state index in [2.05, 4.69) is 26.7 Å². The van der Waals surface area contributed by atoms with E-state index in [0.29, 0.717) is 13.0 Å². The largest absolute Gasteiger partial charge is 0.463 e. The second-order valence-electron chi connectivity index (χ2n) is 9.18. The summed E-state index contributed by atoms with van der Waals surface area (Å²) in [5.41, 5.74) is 0. The maximum absolute atomic E-state index is 10.8. The van der Waals surface area contributed by atoms with Crippen LogP contribution in [0.4, 0.5) is 0 Å².